The Morgan fingerprint density at radius 3 is 2.17 bits per heavy atom. The minimum Gasteiger partial charge on any atom is -0.342 e. The van der Waals surface area contributed by atoms with Crippen molar-refractivity contribution in [3.8, 4) is 0 Å². The summed E-state index contributed by atoms with van der Waals surface area (Å²) in [4.78, 5) is 13.6. The molecule has 2 nitrogen and oxygen atoms in total. The van der Waals surface area contributed by atoms with E-state index in [2.05, 4.69) is 0 Å². The van der Waals surface area contributed by atoms with Crippen LogP contribution >= 0.6 is 0 Å². The first-order valence-electron chi connectivity index (χ1n) is 5.91. The molecule has 0 aromatic heterocycles. The number of amides is 1. The Bertz CT molecular complexity index is 419. The zero-order valence-electron chi connectivity index (χ0n) is 9.83. The number of hydrogen-bond acceptors (Lipinski definition) is 1. The molecule has 1 aliphatic rings. The van der Waals surface area contributed by atoms with Crippen LogP contribution in [0.5, 0.6) is 0 Å². The number of benzene rings is 1. The lowest BCUT2D eigenvalue weighted by molar-refractivity contribution is -0.137. The van der Waals surface area contributed by atoms with Crippen LogP contribution in [0.1, 0.15) is 24.0 Å². The SMILES string of the molecule is O=C(Cc1ccc(C(F)(F)F)cc1)N1CCCC1. The molecule has 1 fully saturated rings. The highest BCUT2D eigenvalue weighted by Gasteiger charge is 2.30. The quantitative estimate of drug-likeness (QED) is 0.797. The molecule has 0 spiro atoms. The molecule has 1 saturated heterocycles. The highest BCUT2D eigenvalue weighted by molar-refractivity contribution is 5.79. The van der Waals surface area contributed by atoms with E-state index in [4.69, 9.17) is 0 Å². The van der Waals surface area contributed by atoms with E-state index in [1.807, 2.05) is 0 Å². The summed E-state index contributed by atoms with van der Waals surface area (Å²) in [6.45, 7) is 1.53. The molecule has 1 amide bonds. The van der Waals surface area contributed by atoms with Crippen molar-refractivity contribution in [2.75, 3.05) is 13.1 Å². The molecule has 0 radical (unpaired) electrons. The number of carbonyl (C=O) groups excluding carboxylic acids is 1. The van der Waals surface area contributed by atoms with Crippen molar-refractivity contribution < 1.29 is 18.0 Å². The zero-order chi connectivity index (χ0) is 13.2. The van der Waals surface area contributed by atoms with E-state index in [9.17, 15) is 18.0 Å². The Morgan fingerprint density at radius 1 is 1.11 bits per heavy atom. The molecular weight excluding hydrogens is 243 g/mol. The van der Waals surface area contributed by atoms with Crippen molar-refractivity contribution in [1.29, 1.82) is 0 Å². The fraction of sp³-hybridized carbons (Fsp3) is 0.462. The highest BCUT2D eigenvalue weighted by atomic mass is 19.4. The lowest BCUT2D eigenvalue weighted by atomic mass is 10.1. The Labute approximate surface area is 103 Å². The second-order valence-corrected chi connectivity index (χ2v) is 4.46. The maximum absolute atomic E-state index is 12.4. The number of carbonyl (C=O) groups is 1. The Hall–Kier alpha value is -1.52. The van der Waals surface area contributed by atoms with Gasteiger partial charge in [0.1, 0.15) is 0 Å². The van der Waals surface area contributed by atoms with Crippen LogP contribution in [0, 0.1) is 0 Å². The highest BCUT2D eigenvalue weighted by Crippen LogP contribution is 2.29. The van der Waals surface area contributed by atoms with Crippen LogP contribution in [-0.4, -0.2) is 23.9 Å². The van der Waals surface area contributed by atoms with Crippen LogP contribution < -0.4 is 0 Å². The van der Waals surface area contributed by atoms with E-state index in [0.717, 1.165) is 38.1 Å². The molecule has 0 unspecified atom stereocenters. The Kier molecular flexibility index (Phi) is 3.59. The van der Waals surface area contributed by atoms with Gasteiger partial charge in [-0.25, -0.2) is 0 Å². The van der Waals surface area contributed by atoms with Gasteiger partial charge in [-0.2, -0.15) is 13.2 Å². The standard InChI is InChI=1S/C13H14F3NO/c14-13(15,16)11-5-3-10(4-6-11)9-12(18)17-7-1-2-8-17/h3-6H,1-2,7-9H2. The molecule has 1 aliphatic heterocycles. The minimum absolute atomic E-state index is 0.00717. The molecule has 0 N–H and O–H groups in total. The number of likely N-dealkylation sites (tertiary alicyclic amines) is 1. The second-order valence-electron chi connectivity index (χ2n) is 4.46. The normalized spacial score (nSPS) is 16.1. The summed E-state index contributed by atoms with van der Waals surface area (Å²) in [5, 5.41) is 0. The van der Waals surface area contributed by atoms with Crippen LogP contribution in [0.15, 0.2) is 24.3 Å². The molecule has 0 saturated carbocycles. The molecular formula is C13H14F3NO. The third-order valence-electron chi connectivity index (χ3n) is 3.10. The predicted octanol–water partition coefficient (Wildman–Crippen LogP) is 2.87. The van der Waals surface area contributed by atoms with E-state index in [-0.39, 0.29) is 12.3 Å². The monoisotopic (exact) mass is 257 g/mol. The summed E-state index contributed by atoms with van der Waals surface area (Å²) in [5.74, 6) is -0.00717. The van der Waals surface area contributed by atoms with Crippen LogP contribution in [0.25, 0.3) is 0 Å². The van der Waals surface area contributed by atoms with E-state index in [0.29, 0.717) is 5.56 Å². The fourth-order valence-electron chi connectivity index (χ4n) is 2.06. The van der Waals surface area contributed by atoms with E-state index in [1.54, 1.807) is 4.90 Å². The third kappa shape index (κ3) is 3.03. The van der Waals surface area contributed by atoms with Gasteiger partial charge in [0.05, 0.1) is 12.0 Å². The van der Waals surface area contributed by atoms with E-state index >= 15 is 0 Å². The van der Waals surface area contributed by atoms with Gasteiger partial charge in [-0.05, 0) is 30.5 Å². The van der Waals surface area contributed by atoms with Gasteiger partial charge in [-0.15, -0.1) is 0 Å². The number of rotatable bonds is 2. The number of hydrogen-bond donors (Lipinski definition) is 0. The number of alkyl halides is 3. The van der Waals surface area contributed by atoms with Gasteiger partial charge in [0.25, 0.3) is 0 Å². The smallest absolute Gasteiger partial charge is 0.342 e. The Morgan fingerprint density at radius 2 is 1.67 bits per heavy atom. The van der Waals surface area contributed by atoms with Gasteiger partial charge < -0.3 is 4.90 Å². The van der Waals surface area contributed by atoms with Crippen LogP contribution in [0.4, 0.5) is 13.2 Å². The first-order valence-corrected chi connectivity index (χ1v) is 5.91. The summed E-state index contributed by atoms with van der Waals surface area (Å²) < 4.78 is 37.1. The van der Waals surface area contributed by atoms with Crippen LogP contribution in [0.2, 0.25) is 0 Å². The lowest BCUT2D eigenvalue weighted by Gasteiger charge is -2.15. The topological polar surface area (TPSA) is 20.3 Å². The molecule has 1 heterocycles. The minimum atomic E-state index is -4.32. The maximum Gasteiger partial charge on any atom is 0.416 e. The molecule has 0 aliphatic carbocycles. The first kappa shape index (κ1) is 12.9. The summed E-state index contributed by atoms with van der Waals surface area (Å²) in [6.07, 6.45) is -2.12. The zero-order valence-corrected chi connectivity index (χ0v) is 9.83. The van der Waals surface area contributed by atoms with Crippen molar-refractivity contribution >= 4 is 5.91 Å². The predicted molar refractivity (Wildman–Crippen MR) is 61.0 cm³/mol. The summed E-state index contributed by atoms with van der Waals surface area (Å²) in [6, 6.07) is 4.78. The first-order chi connectivity index (χ1) is 8.47. The average Bonchev–Trinajstić information content (AvgIpc) is 2.82. The van der Waals surface area contributed by atoms with Gasteiger partial charge in [0.15, 0.2) is 0 Å². The lowest BCUT2D eigenvalue weighted by Crippen LogP contribution is -2.29. The number of halogens is 3. The van der Waals surface area contributed by atoms with Crippen molar-refractivity contribution in [3.05, 3.63) is 35.4 Å². The summed E-state index contributed by atoms with van der Waals surface area (Å²) in [7, 11) is 0. The maximum atomic E-state index is 12.4. The molecule has 98 valence electrons. The average molecular weight is 257 g/mol. The summed E-state index contributed by atoms with van der Waals surface area (Å²) >= 11 is 0. The van der Waals surface area contributed by atoms with Gasteiger partial charge in [0.2, 0.25) is 5.91 Å². The molecule has 2 rings (SSSR count). The van der Waals surface area contributed by atoms with Crippen molar-refractivity contribution in [3.63, 3.8) is 0 Å². The van der Waals surface area contributed by atoms with Gasteiger partial charge >= 0.3 is 6.18 Å². The van der Waals surface area contributed by atoms with Gasteiger partial charge in [-0.3, -0.25) is 4.79 Å². The number of nitrogens with zero attached hydrogens (tertiary/aromatic N) is 1. The van der Waals surface area contributed by atoms with Crippen molar-refractivity contribution in [2.45, 2.75) is 25.4 Å². The van der Waals surface area contributed by atoms with Crippen molar-refractivity contribution in [2.24, 2.45) is 0 Å². The van der Waals surface area contributed by atoms with Crippen LogP contribution in [-0.2, 0) is 17.4 Å². The van der Waals surface area contributed by atoms with Gasteiger partial charge in [-0.1, -0.05) is 12.1 Å². The van der Waals surface area contributed by atoms with E-state index < -0.39 is 11.7 Å². The summed E-state index contributed by atoms with van der Waals surface area (Å²) in [5.41, 5.74) is -0.0558. The Balaban J connectivity index is 2.00. The third-order valence-corrected chi connectivity index (χ3v) is 3.10. The van der Waals surface area contributed by atoms with E-state index in [1.165, 1.54) is 12.1 Å². The largest absolute Gasteiger partial charge is 0.416 e. The molecule has 0 bridgehead atoms. The molecule has 1 aromatic carbocycles. The van der Waals surface area contributed by atoms with Gasteiger partial charge in [0, 0.05) is 13.1 Å². The molecule has 0 atom stereocenters. The second kappa shape index (κ2) is 5.00. The fourth-order valence-corrected chi connectivity index (χ4v) is 2.06. The molecule has 18 heavy (non-hydrogen) atoms. The van der Waals surface area contributed by atoms with Crippen LogP contribution in [0.3, 0.4) is 0 Å². The molecule has 1 aromatic rings. The molecule has 5 heteroatoms. The van der Waals surface area contributed by atoms with Crippen molar-refractivity contribution in [1.82, 2.24) is 4.90 Å².